The SMILES string of the molecule is Nc1[nH]ncc1-c1nc2c(s1)Cc1c(Br)cccc1-2. The number of hydrogen-bond acceptors (Lipinski definition) is 4. The van der Waals surface area contributed by atoms with E-state index in [1.54, 1.807) is 17.5 Å². The van der Waals surface area contributed by atoms with Gasteiger partial charge in [-0.25, -0.2) is 4.98 Å². The highest BCUT2D eigenvalue weighted by atomic mass is 79.9. The van der Waals surface area contributed by atoms with Crippen LogP contribution >= 0.6 is 27.3 Å². The van der Waals surface area contributed by atoms with E-state index in [4.69, 9.17) is 10.7 Å². The molecule has 1 aliphatic rings. The molecule has 4 nitrogen and oxygen atoms in total. The Bertz CT molecular complexity index is 790. The predicted octanol–water partition coefficient (Wildman–Crippen LogP) is 3.45. The number of halogens is 1. The number of aromatic amines is 1. The van der Waals surface area contributed by atoms with Crippen LogP contribution in [0, 0.1) is 0 Å². The van der Waals surface area contributed by atoms with E-state index in [9.17, 15) is 0 Å². The van der Waals surface area contributed by atoms with E-state index in [1.807, 2.05) is 6.07 Å². The van der Waals surface area contributed by atoms with Crippen LogP contribution in [0.4, 0.5) is 5.82 Å². The Morgan fingerprint density at radius 1 is 1.32 bits per heavy atom. The second-order valence-corrected chi connectivity index (χ2v) is 6.37. The molecular weight excluding hydrogens is 324 g/mol. The molecule has 0 unspecified atom stereocenters. The molecule has 0 bridgehead atoms. The minimum Gasteiger partial charge on any atom is -0.383 e. The maximum absolute atomic E-state index is 5.85. The molecule has 1 aliphatic carbocycles. The number of nitrogens with zero attached hydrogens (tertiary/aromatic N) is 2. The highest BCUT2D eigenvalue weighted by Crippen LogP contribution is 2.44. The summed E-state index contributed by atoms with van der Waals surface area (Å²) in [4.78, 5) is 6.02. The van der Waals surface area contributed by atoms with Gasteiger partial charge in [-0.05, 0) is 11.6 Å². The molecule has 4 rings (SSSR count). The van der Waals surface area contributed by atoms with Gasteiger partial charge in [-0.1, -0.05) is 28.1 Å². The fraction of sp³-hybridized carbons (Fsp3) is 0.0769. The summed E-state index contributed by atoms with van der Waals surface area (Å²) in [6.07, 6.45) is 2.66. The molecule has 0 saturated carbocycles. The van der Waals surface area contributed by atoms with Crippen molar-refractivity contribution >= 4 is 33.1 Å². The molecular formula is C13H9BrN4S. The second-order valence-electron chi connectivity index (χ2n) is 4.43. The van der Waals surface area contributed by atoms with Gasteiger partial charge in [0.25, 0.3) is 0 Å². The van der Waals surface area contributed by atoms with Crippen LogP contribution in [0.1, 0.15) is 10.4 Å². The molecule has 0 amide bonds. The van der Waals surface area contributed by atoms with Crippen LogP contribution in [-0.4, -0.2) is 15.2 Å². The number of anilines is 1. The van der Waals surface area contributed by atoms with Gasteiger partial charge in [-0.15, -0.1) is 11.3 Å². The Balaban J connectivity index is 1.89. The molecule has 0 spiro atoms. The maximum Gasteiger partial charge on any atom is 0.129 e. The van der Waals surface area contributed by atoms with Gasteiger partial charge >= 0.3 is 0 Å². The Morgan fingerprint density at radius 2 is 2.21 bits per heavy atom. The average Bonchev–Trinajstić information content (AvgIpc) is 3.03. The highest BCUT2D eigenvalue weighted by molar-refractivity contribution is 9.10. The number of H-pyrrole nitrogens is 1. The van der Waals surface area contributed by atoms with Crippen LogP contribution < -0.4 is 5.73 Å². The zero-order valence-electron chi connectivity index (χ0n) is 9.77. The van der Waals surface area contributed by atoms with E-state index in [0.29, 0.717) is 5.82 Å². The van der Waals surface area contributed by atoms with Crippen LogP contribution in [0.25, 0.3) is 21.8 Å². The summed E-state index contributed by atoms with van der Waals surface area (Å²) in [7, 11) is 0. The molecule has 3 N–H and O–H groups in total. The second kappa shape index (κ2) is 3.91. The monoisotopic (exact) mass is 332 g/mol. The molecule has 19 heavy (non-hydrogen) atoms. The first-order chi connectivity index (χ1) is 9.24. The minimum atomic E-state index is 0.571. The number of fused-ring (bicyclic) bond motifs is 3. The normalized spacial score (nSPS) is 12.5. The van der Waals surface area contributed by atoms with E-state index in [-0.39, 0.29) is 0 Å². The van der Waals surface area contributed by atoms with Crippen LogP contribution in [0.3, 0.4) is 0 Å². The first-order valence-electron chi connectivity index (χ1n) is 5.80. The lowest BCUT2D eigenvalue weighted by Crippen LogP contribution is -1.87. The van der Waals surface area contributed by atoms with Crippen molar-refractivity contribution in [2.24, 2.45) is 0 Å². The van der Waals surface area contributed by atoms with Crippen molar-refractivity contribution in [2.45, 2.75) is 6.42 Å². The molecule has 6 heteroatoms. The lowest BCUT2D eigenvalue weighted by Gasteiger charge is -2.01. The summed E-state index contributed by atoms with van der Waals surface area (Å²) in [6, 6.07) is 6.24. The number of thiazole rings is 1. The van der Waals surface area contributed by atoms with Gasteiger partial charge in [-0.3, -0.25) is 5.10 Å². The summed E-state index contributed by atoms with van der Waals surface area (Å²) < 4.78 is 1.15. The van der Waals surface area contributed by atoms with E-state index in [1.165, 1.54) is 16.0 Å². The fourth-order valence-electron chi connectivity index (χ4n) is 2.38. The molecule has 94 valence electrons. The zero-order valence-corrected chi connectivity index (χ0v) is 12.2. The Morgan fingerprint density at radius 3 is 3.00 bits per heavy atom. The van der Waals surface area contributed by atoms with Gasteiger partial charge in [0.1, 0.15) is 10.8 Å². The van der Waals surface area contributed by atoms with Gasteiger partial charge in [0.2, 0.25) is 0 Å². The van der Waals surface area contributed by atoms with Gasteiger partial charge in [0, 0.05) is 21.3 Å². The number of rotatable bonds is 1. The van der Waals surface area contributed by atoms with Gasteiger partial charge < -0.3 is 5.73 Å². The highest BCUT2D eigenvalue weighted by Gasteiger charge is 2.25. The summed E-state index contributed by atoms with van der Waals surface area (Å²) in [6.45, 7) is 0. The quantitative estimate of drug-likeness (QED) is 0.561. The lowest BCUT2D eigenvalue weighted by molar-refractivity contribution is 1.10. The van der Waals surface area contributed by atoms with Gasteiger partial charge in [-0.2, -0.15) is 5.10 Å². The third kappa shape index (κ3) is 1.56. The van der Waals surface area contributed by atoms with Crippen molar-refractivity contribution in [3.8, 4) is 21.8 Å². The van der Waals surface area contributed by atoms with Crippen LogP contribution in [-0.2, 0) is 6.42 Å². The minimum absolute atomic E-state index is 0.571. The summed E-state index contributed by atoms with van der Waals surface area (Å²) in [5, 5.41) is 7.63. The molecule has 0 radical (unpaired) electrons. The lowest BCUT2D eigenvalue weighted by atomic mass is 10.1. The van der Waals surface area contributed by atoms with E-state index >= 15 is 0 Å². The third-order valence-corrected chi connectivity index (χ3v) is 5.14. The standard InChI is InChI=1S/C13H9BrN4S/c14-9-3-1-2-6-7(9)4-10-11(6)17-13(19-10)8-5-16-18-12(8)15/h1-3,5H,4H2,(H3,15,16,18). The topological polar surface area (TPSA) is 67.6 Å². The summed E-state index contributed by atoms with van der Waals surface area (Å²) in [5.74, 6) is 0.571. The Labute approximate surface area is 121 Å². The van der Waals surface area contributed by atoms with Crippen LogP contribution in [0.5, 0.6) is 0 Å². The Kier molecular flexibility index (Phi) is 2.31. The van der Waals surface area contributed by atoms with Crippen molar-refractivity contribution in [2.75, 3.05) is 5.73 Å². The first-order valence-corrected chi connectivity index (χ1v) is 7.41. The summed E-state index contributed by atoms with van der Waals surface area (Å²) >= 11 is 5.29. The molecule has 1 aromatic carbocycles. The van der Waals surface area contributed by atoms with Crippen LogP contribution in [0.15, 0.2) is 28.9 Å². The molecule has 3 aromatic rings. The fourth-order valence-corrected chi connectivity index (χ4v) is 4.00. The largest absolute Gasteiger partial charge is 0.383 e. The maximum atomic E-state index is 5.85. The molecule has 2 aromatic heterocycles. The first kappa shape index (κ1) is 11.2. The zero-order chi connectivity index (χ0) is 13.0. The van der Waals surface area contributed by atoms with Crippen molar-refractivity contribution in [1.82, 2.24) is 15.2 Å². The number of benzene rings is 1. The number of hydrogen-bond donors (Lipinski definition) is 2. The Hall–Kier alpha value is -1.66. The van der Waals surface area contributed by atoms with Crippen molar-refractivity contribution < 1.29 is 0 Å². The van der Waals surface area contributed by atoms with Gasteiger partial charge in [0.05, 0.1) is 17.5 Å². The number of nitrogen functional groups attached to an aromatic ring is 1. The number of nitrogens with one attached hydrogen (secondary N) is 1. The van der Waals surface area contributed by atoms with Crippen LogP contribution in [0.2, 0.25) is 0 Å². The molecule has 0 fully saturated rings. The van der Waals surface area contributed by atoms with Crippen molar-refractivity contribution in [3.05, 3.63) is 39.3 Å². The van der Waals surface area contributed by atoms with E-state index in [0.717, 1.165) is 27.2 Å². The van der Waals surface area contributed by atoms with Crippen molar-refractivity contribution in [3.63, 3.8) is 0 Å². The number of nitrogens with two attached hydrogens (primary N) is 1. The van der Waals surface area contributed by atoms with E-state index < -0.39 is 0 Å². The third-order valence-electron chi connectivity index (χ3n) is 3.31. The van der Waals surface area contributed by atoms with E-state index in [2.05, 4.69) is 38.3 Å². The summed E-state index contributed by atoms with van der Waals surface area (Å²) in [5.41, 5.74) is 10.4. The molecule has 0 aliphatic heterocycles. The average molecular weight is 333 g/mol. The number of aromatic nitrogens is 3. The molecule has 0 atom stereocenters. The van der Waals surface area contributed by atoms with Gasteiger partial charge in [0.15, 0.2) is 0 Å². The van der Waals surface area contributed by atoms with Crippen molar-refractivity contribution in [1.29, 1.82) is 0 Å². The smallest absolute Gasteiger partial charge is 0.129 e. The molecule has 0 saturated heterocycles. The predicted molar refractivity (Wildman–Crippen MR) is 80.1 cm³/mol. The molecule has 2 heterocycles.